The Morgan fingerprint density at radius 2 is 2.07 bits per heavy atom. The van der Waals surface area contributed by atoms with Gasteiger partial charge in [-0.3, -0.25) is 0 Å². The number of aryl methyl sites for hydroxylation is 2. The van der Waals surface area contributed by atoms with Gasteiger partial charge >= 0.3 is 0 Å². The van der Waals surface area contributed by atoms with Crippen LogP contribution in [0.15, 0.2) is 18.2 Å². The van der Waals surface area contributed by atoms with Crippen LogP contribution in [0.4, 0.5) is 0 Å². The maximum atomic E-state index is 2.42. The van der Waals surface area contributed by atoms with Crippen molar-refractivity contribution in [3.05, 3.63) is 34.9 Å². The van der Waals surface area contributed by atoms with Crippen LogP contribution < -0.4 is 0 Å². The van der Waals surface area contributed by atoms with Crippen LogP contribution in [0.5, 0.6) is 0 Å². The van der Waals surface area contributed by atoms with Gasteiger partial charge in [0.2, 0.25) is 0 Å². The summed E-state index contributed by atoms with van der Waals surface area (Å²) in [6.45, 7) is 6.97. The number of hydrogen-bond donors (Lipinski definition) is 0. The summed E-state index contributed by atoms with van der Waals surface area (Å²) in [6.07, 6.45) is 5.08. The summed E-state index contributed by atoms with van der Waals surface area (Å²) in [4.78, 5) is 0. The second-order valence-corrected chi connectivity index (χ2v) is 5.13. The van der Waals surface area contributed by atoms with Crippen LogP contribution in [0.25, 0.3) is 0 Å². The standard InChI is InChI=1S/C14H20/c1-4-5-11-6-7-13-12(10-11)8-9-14(13,2)3/h6-7,10H,4-5,8-9H2,1-3H3. The van der Waals surface area contributed by atoms with Gasteiger partial charge in [-0.1, -0.05) is 45.4 Å². The molecule has 0 unspecified atom stereocenters. The average molecular weight is 188 g/mol. The quantitative estimate of drug-likeness (QED) is 0.661. The highest BCUT2D eigenvalue weighted by Crippen LogP contribution is 2.38. The van der Waals surface area contributed by atoms with Gasteiger partial charge in [-0.05, 0) is 41.4 Å². The second-order valence-electron chi connectivity index (χ2n) is 5.13. The Kier molecular flexibility index (Phi) is 2.38. The molecule has 1 aromatic carbocycles. The van der Waals surface area contributed by atoms with Crippen LogP contribution in [-0.4, -0.2) is 0 Å². The molecule has 76 valence electrons. The Morgan fingerprint density at radius 3 is 2.79 bits per heavy atom. The molecular weight excluding hydrogens is 168 g/mol. The zero-order valence-corrected chi connectivity index (χ0v) is 9.56. The molecule has 14 heavy (non-hydrogen) atoms. The fourth-order valence-electron chi connectivity index (χ4n) is 2.54. The smallest absolute Gasteiger partial charge is 0.00977 e. The summed E-state index contributed by atoms with van der Waals surface area (Å²) < 4.78 is 0. The molecule has 1 aliphatic carbocycles. The molecule has 2 rings (SSSR count). The van der Waals surface area contributed by atoms with Crippen LogP contribution in [0, 0.1) is 0 Å². The first kappa shape index (κ1) is 9.76. The number of rotatable bonds is 2. The Hall–Kier alpha value is -0.780. The van der Waals surface area contributed by atoms with Crippen molar-refractivity contribution in [3.63, 3.8) is 0 Å². The van der Waals surface area contributed by atoms with E-state index < -0.39 is 0 Å². The summed E-state index contributed by atoms with van der Waals surface area (Å²) in [5, 5.41) is 0. The van der Waals surface area contributed by atoms with Crippen molar-refractivity contribution in [1.29, 1.82) is 0 Å². The van der Waals surface area contributed by atoms with Gasteiger partial charge in [-0.15, -0.1) is 0 Å². The van der Waals surface area contributed by atoms with E-state index >= 15 is 0 Å². The zero-order valence-electron chi connectivity index (χ0n) is 9.56. The highest BCUT2D eigenvalue weighted by Gasteiger charge is 2.29. The molecule has 0 saturated heterocycles. The van der Waals surface area contributed by atoms with E-state index in [9.17, 15) is 0 Å². The third kappa shape index (κ3) is 1.58. The van der Waals surface area contributed by atoms with E-state index in [-0.39, 0.29) is 0 Å². The lowest BCUT2D eigenvalue weighted by molar-refractivity contribution is 0.522. The van der Waals surface area contributed by atoms with Crippen LogP contribution in [0.2, 0.25) is 0 Å². The molecule has 1 aliphatic rings. The molecule has 0 nitrogen and oxygen atoms in total. The highest BCUT2D eigenvalue weighted by molar-refractivity contribution is 5.40. The molecule has 0 aliphatic heterocycles. The van der Waals surface area contributed by atoms with Gasteiger partial charge in [-0.2, -0.15) is 0 Å². The molecule has 0 N–H and O–H groups in total. The van der Waals surface area contributed by atoms with Crippen molar-refractivity contribution in [2.24, 2.45) is 0 Å². The van der Waals surface area contributed by atoms with Gasteiger partial charge in [0, 0.05) is 0 Å². The largest absolute Gasteiger partial charge is 0.0651 e. The molecule has 0 aromatic heterocycles. The van der Waals surface area contributed by atoms with Crippen molar-refractivity contribution < 1.29 is 0 Å². The van der Waals surface area contributed by atoms with Gasteiger partial charge in [-0.25, -0.2) is 0 Å². The molecule has 0 heterocycles. The first-order valence-electron chi connectivity index (χ1n) is 5.76. The van der Waals surface area contributed by atoms with Crippen molar-refractivity contribution in [2.45, 2.75) is 51.9 Å². The molecule has 1 aromatic rings. The lowest BCUT2D eigenvalue weighted by atomic mass is 9.86. The maximum Gasteiger partial charge on any atom is -0.00977 e. The summed E-state index contributed by atoms with van der Waals surface area (Å²) in [5.74, 6) is 0. The Morgan fingerprint density at radius 1 is 1.29 bits per heavy atom. The molecule has 0 atom stereocenters. The third-order valence-corrected chi connectivity index (χ3v) is 3.46. The fourth-order valence-corrected chi connectivity index (χ4v) is 2.54. The van der Waals surface area contributed by atoms with Crippen LogP contribution in [0.1, 0.15) is 50.3 Å². The van der Waals surface area contributed by atoms with Crippen molar-refractivity contribution in [1.82, 2.24) is 0 Å². The highest BCUT2D eigenvalue weighted by atomic mass is 14.3. The number of hydrogen-bond acceptors (Lipinski definition) is 0. The van der Waals surface area contributed by atoms with E-state index in [4.69, 9.17) is 0 Å². The van der Waals surface area contributed by atoms with Gasteiger partial charge in [0.05, 0.1) is 0 Å². The minimum absolute atomic E-state index is 0.417. The van der Waals surface area contributed by atoms with Crippen LogP contribution in [0.3, 0.4) is 0 Å². The third-order valence-electron chi connectivity index (χ3n) is 3.46. The van der Waals surface area contributed by atoms with E-state index in [0.717, 1.165) is 0 Å². The van der Waals surface area contributed by atoms with E-state index in [1.54, 1.807) is 11.1 Å². The molecule has 0 amide bonds. The Balaban J connectivity index is 2.34. The van der Waals surface area contributed by atoms with Gasteiger partial charge in [0.15, 0.2) is 0 Å². The molecule has 0 bridgehead atoms. The first-order chi connectivity index (χ1) is 6.63. The summed E-state index contributed by atoms with van der Waals surface area (Å²) >= 11 is 0. The molecular formula is C14H20. The Bertz CT molecular complexity index is 334. The van der Waals surface area contributed by atoms with E-state index in [2.05, 4.69) is 39.0 Å². The molecule has 0 radical (unpaired) electrons. The number of benzene rings is 1. The minimum Gasteiger partial charge on any atom is -0.0651 e. The summed E-state index contributed by atoms with van der Waals surface area (Å²) in [7, 11) is 0. The lowest BCUT2D eigenvalue weighted by Crippen LogP contribution is -2.11. The predicted molar refractivity (Wildman–Crippen MR) is 61.8 cm³/mol. The van der Waals surface area contributed by atoms with E-state index in [1.165, 1.54) is 31.2 Å². The van der Waals surface area contributed by atoms with Crippen molar-refractivity contribution in [2.75, 3.05) is 0 Å². The monoisotopic (exact) mass is 188 g/mol. The van der Waals surface area contributed by atoms with Gasteiger partial charge in [0.1, 0.15) is 0 Å². The van der Waals surface area contributed by atoms with Crippen molar-refractivity contribution in [3.8, 4) is 0 Å². The summed E-state index contributed by atoms with van der Waals surface area (Å²) in [5.41, 5.74) is 5.11. The van der Waals surface area contributed by atoms with Crippen molar-refractivity contribution >= 4 is 0 Å². The Labute approximate surface area is 87.3 Å². The van der Waals surface area contributed by atoms with Crippen LogP contribution in [-0.2, 0) is 18.3 Å². The summed E-state index contributed by atoms with van der Waals surface area (Å²) in [6, 6.07) is 7.09. The van der Waals surface area contributed by atoms with E-state index in [1.807, 2.05) is 0 Å². The molecule has 0 saturated carbocycles. The molecule has 0 heteroatoms. The molecule has 0 spiro atoms. The first-order valence-corrected chi connectivity index (χ1v) is 5.76. The van der Waals surface area contributed by atoms with Gasteiger partial charge in [0.25, 0.3) is 0 Å². The predicted octanol–water partition coefficient (Wildman–Crippen LogP) is 3.86. The minimum atomic E-state index is 0.417. The normalized spacial score (nSPS) is 18.2. The lowest BCUT2D eigenvalue weighted by Gasteiger charge is -2.18. The maximum absolute atomic E-state index is 2.42. The van der Waals surface area contributed by atoms with Crippen LogP contribution >= 0.6 is 0 Å². The van der Waals surface area contributed by atoms with E-state index in [0.29, 0.717) is 5.41 Å². The average Bonchev–Trinajstić information content (AvgIpc) is 2.43. The fraction of sp³-hybridized carbons (Fsp3) is 0.571. The zero-order chi connectivity index (χ0) is 10.2. The SMILES string of the molecule is CCCc1ccc2c(c1)CCC2(C)C. The van der Waals surface area contributed by atoms with Gasteiger partial charge < -0.3 is 0 Å². The second kappa shape index (κ2) is 3.42. The topological polar surface area (TPSA) is 0 Å². The molecule has 0 fully saturated rings. The number of fused-ring (bicyclic) bond motifs is 1.